The standard InChI is InChI=1S/C15H25NOSSi/c1-19(2,3)15-6-4-13(5-7-15)12-16-14-8-10-18(17)11-9-14/h4-7,14,16H,8-12H2,1-3H3. The average molecular weight is 296 g/mol. The summed E-state index contributed by atoms with van der Waals surface area (Å²) in [6.07, 6.45) is 2.11. The van der Waals surface area contributed by atoms with Gasteiger partial charge in [-0.3, -0.25) is 4.21 Å². The van der Waals surface area contributed by atoms with Gasteiger partial charge in [0.25, 0.3) is 0 Å². The van der Waals surface area contributed by atoms with Crippen LogP contribution in [0.25, 0.3) is 0 Å². The van der Waals surface area contributed by atoms with Gasteiger partial charge in [-0.2, -0.15) is 0 Å². The van der Waals surface area contributed by atoms with Crippen molar-refractivity contribution in [3.8, 4) is 0 Å². The second-order valence-electron chi connectivity index (χ2n) is 6.45. The minimum absolute atomic E-state index is 0.550. The Morgan fingerprint density at radius 2 is 1.74 bits per heavy atom. The molecule has 2 rings (SSSR count). The van der Waals surface area contributed by atoms with E-state index in [2.05, 4.69) is 49.2 Å². The van der Waals surface area contributed by atoms with Crippen molar-refractivity contribution < 1.29 is 4.21 Å². The van der Waals surface area contributed by atoms with Gasteiger partial charge in [-0.15, -0.1) is 0 Å². The predicted molar refractivity (Wildman–Crippen MR) is 87.2 cm³/mol. The highest BCUT2D eigenvalue weighted by Crippen LogP contribution is 2.10. The lowest BCUT2D eigenvalue weighted by Gasteiger charge is -2.23. The van der Waals surface area contributed by atoms with Gasteiger partial charge in [0.1, 0.15) is 0 Å². The van der Waals surface area contributed by atoms with Crippen molar-refractivity contribution in [2.45, 2.75) is 45.1 Å². The van der Waals surface area contributed by atoms with Crippen molar-refractivity contribution in [3.63, 3.8) is 0 Å². The Hall–Kier alpha value is -0.453. The number of hydrogen-bond acceptors (Lipinski definition) is 2. The van der Waals surface area contributed by atoms with Crippen molar-refractivity contribution in [3.05, 3.63) is 29.8 Å². The molecule has 106 valence electrons. The molecule has 0 aliphatic carbocycles. The molecule has 0 spiro atoms. The summed E-state index contributed by atoms with van der Waals surface area (Å²) in [6, 6.07) is 9.64. The first-order chi connectivity index (χ1) is 8.95. The Labute approximate surface area is 120 Å². The molecule has 1 aliphatic rings. The zero-order valence-electron chi connectivity index (χ0n) is 12.2. The summed E-state index contributed by atoms with van der Waals surface area (Å²) in [5, 5.41) is 5.11. The third-order valence-electron chi connectivity index (χ3n) is 3.80. The van der Waals surface area contributed by atoms with E-state index in [1.807, 2.05) is 0 Å². The van der Waals surface area contributed by atoms with E-state index < -0.39 is 18.9 Å². The summed E-state index contributed by atoms with van der Waals surface area (Å²) in [5.74, 6) is 1.73. The summed E-state index contributed by atoms with van der Waals surface area (Å²) in [5.41, 5.74) is 1.36. The third-order valence-corrected chi connectivity index (χ3v) is 7.25. The fourth-order valence-electron chi connectivity index (χ4n) is 2.38. The molecule has 1 aromatic rings. The number of hydrogen-bond donors (Lipinski definition) is 1. The fraction of sp³-hybridized carbons (Fsp3) is 0.600. The van der Waals surface area contributed by atoms with Crippen molar-refractivity contribution in [1.29, 1.82) is 0 Å². The molecule has 0 bridgehead atoms. The molecule has 1 fully saturated rings. The van der Waals surface area contributed by atoms with Gasteiger partial charge in [-0.25, -0.2) is 0 Å². The number of nitrogens with one attached hydrogen (secondary N) is 1. The summed E-state index contributed by atoms with van der Waals surface area (Å²) in [6.45, 7) is 8.07. The highest BCUT2D eigenvalue weighted by molar-refractivity contribution is 7.85. The van der Waals surface area contributed by atoms with Crippen LogP contribution in [0.2, 0.25) is 19.6 Å². The highest BCUT2D eigenvalue weighted by Gasteiger charge is 2.18. The molecule has 1 aliphatic heterocycles. The van der Waals surface area contributed by atoms with Crippen molar-refractivity contribution in [1.82, 2.24) is 5.32 Å². The molecule has 2 nitrogen and oxygen atoms in total. The van der Waals surface area contributed by atoms with Crippen LogP contribution in [0.4, 0.5) is 0 Å². The van der Waals surface area contributed by atoms with E-state index in [1.165, 1.54) is 10.8 Å². The molecule has 1 aromatic carbocycles. The van der Waals surface area contributed by atoms with Crippen molar-refractivity contribution in [2.75, 3.05) is 11.5 Å². The van der Waals surface area contributed by atoms with E-state index in [0.29, 0.717) is 6.04 Å². The van der Waals surface area contributed by atoms with Crippen molar-refractivity contribution >= 4 is 24.1 Å². The molecular weight excluding hydrogens is 270 g/mol. The monoisotopic (exact) mass is 295 g/mol. The summed E-state index contributed by atoms with van der Waals surface area (Å²) >= 11 is 0. The topological polar surface area (TPSA) is 29.1 Å². The second-order valence-corrected chi connectivity index (χ2v) is 13.2. The Balaban J connectivity index is 1.85. The second kappa shape index (κ2) is 6.33. The first kappa shape index (κ1) is 14.9. The lowest BCUT2D eigenvalue weighted by molar-refractivity contribution is 0.475. The molecule has 1 N–H and O–H groups in total. The highest BCUT2D eigenvalue weighted by atomic mass is 32.2. The van der Waals surface area contributed by atoms with E-state index in [9.17, 15) is 4.21 Å². The van der Waals surface area contributed by atoms with Gasteiger partial charge in [0.2, 0.25) is 0 Å². The molecule has 0 atom stereocenters. The number of rotatable bonds is 4. The molecule has 1 heterocycles. The van der Waals surface area contributed by atoms with Crippen LogP contribution in [-0.4, -0.2) is 29.8 Å². The molecule has 0 aromatic heterocycles. The lowest BCUT2D eigenvalue weighted by atomic mass is 10.1. The van der Waals surface area contributed by atoms with Gasteiger partial charge in [0.05, 0.1) is 8.07 Å². The molecule has 0 unspecified atom stereocenters. The lowest BCUT2D eigenvalue weighted by Crippen LogP contribution is -2.37. The van der Waals surface area contributed by atoms with E-state index in [1.54, 1.807) is 0 Å². The minimum atomic E-state index is -1.17. The van der Waals surface area contributed by atoms with Gasteiger partial charge in [-0.05, 0) is 18.4 Å². The van der Waals surface area contributed by atoms with Crippen LogP contribution in [0.3, 0.4) is 0 Å². The Kier molecular flexibility index (Phi) is 4.98. The first-order valence-corrected chi connectivity index (χ1v) is 12.1. The zero-order chi connectivity index (χ0) is 13.9. The van der Waals surface area contributed by atoms with Gasteiger partial charge < -0.3 is 5.32 Å². The van der Waals surface area contributed by atoms with Crippen LogP contribution in [0.15, 0.2) is 24.3 Å². The minimum Gasteiger partial charge on any atom is -0.310 e. The van der Waals surface area contributed by atoms with Crippen LogP contribution in [0, 0.1) is 0 Å². The molecular formula is C15H25NOSSi. The Morgan fingerprint density at radius 1 is 1.16 bits per heavy atom. The largest absolute Gasteiger partial charge is 0.310 e. The van der Waals surface area contributed by atoms with Crippen molar-refractivity contribution in [2.24, 2.45) is 0 Å². The van der Waals surface area contributed by atoms with Crippen LogP contribution < -0.4 is 10.5 Å². The van der Waals surface area contributed by atoms with E-state index in [-0.39, 0.29) is 0 Å². The number of benzene rings is 1. The van der Waals surface area contributed by atoms with E-state index >= 15 is 0 Å². The Bertz CT molecular complexity index is 428. The molecule has 0 radical (unpaired) electrons. The molecule has 0 amide bonds. The molecule has 19 heavy (non-hydrogen) atoms. The van der Waals surface area contributed by atoms with Gasteiger partial charge in [-0.1, -0.05) is 49.1 Å². The summed E-state index contributed by atoms with van der Waals surface area (Å²) < 4.78 is 11.3. The van der Waals surface area contributed by atoms with Gasteiger partial charge in [0, 0.05) is 34.9 Å². The first-order valence-electron chi connectivity index (χ1n) is 7.13. The maximum Gasteiger partial charge on any atom is 0.0775 e. The average Bonchev–Trinajstić information content (AvgIpc) is 2.37. The van der Waals surface area contributed by atoms with E-state index in [0.717, 1.165) is 30.9 Å². The SMILES string of the molecule is C[Si](C)(C)c1ccc(CNC2CCS(=O)CC2)cc1. The normalized spacial score (nSPS) is 24.4. The maximum atomic E-state index is 11.3. The molecule has 1 saturated heterocycles. The maximum absolute atomic E-state index is 11.3. The molecule has 0 saturated carbocycles. The Morgan fingerprint density at radius 3 is 2.26 bits per heavy atom. The third kappa shape index (κ3) is 4.55. The predicted octanol–water partition coefficient (Wildman–Crippen LogP) is 2.23. The van der Waals surface area contributed by atoms with Crippen LogP contribution in [-0.2, 0) is 17.3 Å². The smallest absolute Gasteiger partial charge is 0.0775 e. The van der Waals surface area contributed by atoms with Crippen LogP contribution in [0.5, 0.6) is 0 Å². The van der Waals surface area contributed by atoms with Crippen LogP contribution in [0.1, 0.15) is 18.4 Å². The zero-order valence-corrected chi connectivity index (χ0v) is 14.1. The van der Waals surface area contributed by atoms with Gasteiger partial charge >= 0.3 is 0 Å². The quantitative estimate of drug-likeness (QED) is 0.863. The summed E-state index contributed by atoms with van der Waals surface area (Å²) in [4.78, 5) is 0. The van der Waals surface area contributed by atoms with Gasteiger partial charge in [0.15, 0.2) is 0 Å². The summed E-state index contributed by atoms with van der Waals surface area (Å²) in [7, 11) is -1.73. The van der Waals surface area contributed by atoms with E-state index in [4.69, 9.17) is 0 Å². The fourth-order valence-corrected chi connectivity index (χ4v) is 4.85. The van der Waals surface area contributed by atoms with Crippen LogP contribution >= 0.6 is 0 Å². The molecule has 4 heteroatoms.